The average molecular weight is 203 g/mol. The van der Waals surface area contributed by atoms with E-state index in [0.29, 0.717) is 0 Å². The van der Waals surface area contributed by atoms with Crippen LogP contribution in [-0.2, 0) is 10.0 Å². The second-order valence-corrected chi connectivity index (χ2v) is 6.28. The molecule has 0 unspecified atom stereocenters. The topological polar surface area (TPSA) is 37.4 Å². The fourth-order valence-corrected chi connectivity index (χ4v) is 4.11. The zero-order valence-electron chi connectivity index (χ0n) is 8.12. The first-order valence-electron chi connectivity index (χ1n) is 5.02. The fourth-order valence-electron chi connectivity index (χ4n) is 2.67. The van der Waals surface area contributed by atoms with Gasteiger partial charge in [-0.2, -0.15) is 4.31 Å². The van der Waals surface area contributed by atoms with E-state index in [1.165, 1.54) is 19.1 Å². The summed E-state index contributed by atoms with van der Waals surface area (Å²) in [5.41, 5.74) is 0.0475. The molecule has 0 atom stereocenters. The Hall–Kier alpha value is -0.0900. The Balaban J connectivity index is 2.24. The highest BCUT2D eigenvalue weighted by atomic mass is 32.2. The molecule has 1 saturated heterocycles. The molecule has 2 aliphatic rings. The Bertz CT molecular complexity index is 293. The van der Waals surface area contributed by atoms with Crippen molar-refractivity contribution in [2.75, 3.05) is 12.8 Å². The zero-order valence-corrected chi connectivity index (χ0v) is 8.94. The highest BCUT2D eigenvalue weighted by Gasteiger charge is 2.47. The van der Waals surface area contributed by atoms with Crippen molar-refractivity contribution in [1.82, 2.24) is 4.31 Å². The van der Waals surface area contributed by atoms with Crippen LogP contribution in [0, 0.1) is 0 Å². The van der Waals surface area contributed by atoms with Crippen molar-refractivity contribution in [1.29, 1.82) is 0 Å². The van der Waals surface area contributed by atoms with Crippen LogP contribution in [0.1, 0.15) is 38.5 Å². The Morgan fingerprint density at radius 2 is 1.69 bits per heavy atom. The standard InChI is InChI=1S/C9H17NO2S/c1-13(11,12)10-8-3-2-5-9(10)6-4-7-9/h2-8H2,1H3. The maximum absolute atomic E-state index is 11.5. The molecular weight excluding hydrogens is 186 g/mol. The summed E-state index contributed by atoms with van der Waals surface area (Å²) in [6, 6.07) is 0. The van der Waals surface area contributed by atoms with Crippen molar-refractivity contribution >= 4 is 10.0 Å². The van der Waals surface area contributed by atoms with Crippen molar-refractivity contribution < 1.29 is 8.42 Å². The number of sulfonamides is 1. The largest absolute Gasteiger partial charge is 0.212 e. The first-order chi connectivity index (χ1) is 6.05. The van der Waals surface area contributed by atoms with Crippen molar-refractivity contribution in [3.8, 4) is 0 Å². The molecule has 2 fully saturated rings. The highest BCUT2D eigenvalue weighted by Crippen LogP contribution is 2.45. The molecule has 1 aliphatic carbocycles. The smallest absolute Gasteiger partial charge is 0.211 e. The molecule has 13 heavy (non-hydrogen) atoms. The predicted octanol–water partition coefficient (Wildman–Crippen LogP) is 1.35. The maximum atomic E-state index is 11.5. The van der Waals surface area contributed by atoms with Gasteiger partial charge in [0.15, 0.2) is 0 Å². The van der Waals surface area contributed by atoms with Crippen LogP contribution in [0.15, 0.2) is 0 Å². The molecular formula is C9H17NO2S. The minimum Gasteiger partial charge on any atom is -0.212 e. The van der Waals surface area contributed by atoms with Gasteiger partial charge in [-0.15, -0.1) is 0 Å². The van der Waals surface area contributed by atoms with Crippen LogP contribution in [0.5, 0.6) is 0 Å². The van der Waals surface area contributed by atoms with Crippen molar-refractivity contribution in [3.63, 3.8) is 0 Å². The van der Waals surface area contributed by atoms with E-state index in [4.69, 9.17) is 0 Å². The SMILES string of the molecule is CS(=O)(=O)N1CCCCC12CCC2. The molecule has 1 aliphatic heterocycles. The summed E-state index contributed by atoms with van der Waals surface area (Å²) < 4.78 is 24.8. The minimum absolute atomic E-state index is 0.0475. The van der Waals surface area contributed by atoms with Crippen LogP contribution in [0.4, 0.5) is 0 Å². The molecule has 1 heterocycles. The van der Waals surface area contributed by atoms with E-state index in [1.807, 2.05) is 0 Å². The third kappa shape index (κ3) is 1.50. The summed E-state index contributed by atoms with van der Waals surface area (Å²) >= 11 is 0. The lowest BCUT2D eigenvalue weighted by molar-refractivity contribution is 0.0508. The molecule has 1 spiro atoms. The van der Waals surface area contributed by atoms with Crippen LogP contribution in [-0.4, -0.2) is 31.1 Å². The number of hydrogen-bond donors (Lipinski definition) is 0. The lowest BCUT2D eigenvalue weighted by Gasteiger charge is -2.51. The Morgan fingerprint density at radius 3 is 2.08 bits per heavy atom. The predicted molar refractivity (Wildman–Crippen MR) is 52.0 cm³/mol. The summed E-state index contributed by atoms with van der Waals surface area (Å²) in [5.74, 6) is 0. The van der Waals surface area contributed by atoms with Gasteiger partial charge in [-0.1, -0.05) is 6.42 Å². The Kier molecular flexibility index (Phi) is 2.15. The molecule has 0 aromatic rings. The van der Waals surface area contributed by atoms with Crippen molar-refractivity contribution in [2.24, 2.45) is 0 Å². The van der Waals surface area contributed by atoms with Gasteiger partial charge >= 0.3 is 0 Å². The summed E-state index contributed by atoms with van der Waals surface area (Å²) in [6.45, 7) is 0.749. The third-order valence-electron chi connectivity index (χ3n) is 3.47. The van der Waals surface area contributed by atoms with Crippen LogP contribution in [0.2, 0.25) is 0 Å². The third-order valence-corrected chi connectivity index (χ3v) is 4.84. The van der Waals surface area contributed by atoms with Crippen molar-refractivity contribution in [3.05, 3.63) is 0 Å². The van der Waals surface area contributed by atoms with Crippen LogP contribution < -0.4 is 0 Å². The summed E-state index contributed by atoms with van der Waals surface area (Å²) in [5, 5.41) is 0. The average Bonchev–Trinajstić information content (AvgIpc) is 2.00. The molecule has 76 valence electrons. The van der Waals surface area contributed by atoms with Gasteiger partial charge in [0.2, 0.25) is 10.0 Å². The monoisotopic (exact) mass is 203 g/mol. The number of nitrogens with zero attached hydrogens (tertiary/aromatic N) is 1. The lowest BCUT2D eigenvalue weighted by atomic mass is 9.72. The second-order valence-electron chi connectivity index (χ2n) is 4.37. The first kappa shape index (κ1) is 9.46. The van der Waals surface area contributed by atoms with Crippen LogP contribution in [0.25, 0.3) is 0 Å². The maximum Gasteiger partial charge on any atom is 0.211 e. The first-order valence-corrected chi connectivity index (χ1v) is 6.87. The van der Waals surface area contributed by atoms with E-state index in [9.17, 15) is 8.42 Å². The van der Waals surface area contributed by atoms with Crippen molar-refractivity contribution in [2.45, 2.75) is 44.1 Å². The summed E-state index contributed by atoms with van der Waals surface area (Å²) in [4.78, 5) is 0. The van der Waals surface area contributed by atoms with E-state index in [-0.39, 0.29) is 5.54 Å². The molecule has 0 aromatic heterocycles. The van der Waals surface area contributed by atoms with E-state index in [2.05, 4.69) is 0 Å². The quantitative estimate of drug-likeness (QED) is 0.645. The minimum atomic E-state index is -2.96. The zero-order chi connectivity index (χ0) is 9.53. The fraction of sp³-hybridized carbons (Fsp3) is 1.00. The number of hydrogen-bond acceptors (Lipinski definition) is 2. The molecule has 0 amide bonds. The molecule has 2 rings (SSSR count). The van der Waals surface area contributed by atoms with Crippen LogP contribution in [0.3, 0.4) is 0 Å². The highest BCUT2D eigenvalue weighted by molar-refractivity contribution is 7.88. The molecule has 0 radical (unpaired) electrons. The molecule has 0 bridgehead atoms. The van der Waals surface area contributed by atoms with E-state index in [0.717, 1.165) is 32.2 Å². The number of rotatable bonds is 1. The molecule has 1 saturated carbocycles. The Morgan fingerprint density at radius 1 is 1.08 bits per heavy atom. The molecule has 4 heteroatoms. The summed E-state index contributed by atoms with van der Waals surface area (Å²) in [6.07, 6.45) is 8.03. The normalized spacial score (nSPS) is 28.7. The van der Waals surface area contributed by atoms with Gasteiger partial charge in [-0.3, -0.25) is 0 Å². The molecule has 0 N–H and O–H groups in total. The van der Waals surface area contributed by atoms with Gasteiger partial charge < -0.3 is 0 Å². The van der Waals surface area contributed by atoms with Crippen LogP contribution >= 0.6 is 0 Å². The van der Waals surface area contributed by atoms with Gasteiger partial charge in [0.05, 0.1) is 6.26 Å². The van der Waals surface area contributed by atoms with Gasteiger partial charge in [0.1, 0.15) is 0 Å². The molecule has 3 nitrogen and oxygen atoms in total. The van der Waals surface area contributed by atoms with Gasteiger partial charge in [0, 0.05) is 12.1 Å². The second kappa shape index (κ2) is 2.95. The summed E-state index contributed by atoms with van der Waals surface area (Å²) in [7, 11) is -2.96. The van der Waals surface area contributed by atoms with Gasteiger partial charge in [-0.25, -0.2) is 8.42 Å². The molecule has 0 aromatic carbocycles. The number of piperidine rings is 1. The van der Waals surface area contributed by atoms with E-state index >= 15 is 0 Å². The van der Waals surface area contributed by atoms with Gasteiger partial charge in [0.25, 0.3) is 0 Å². The van der Waals surface area contributed by atoms with E-state index < -0.39 is 10.0 Å². The van der Waals surface area contributed by atoms with Gasteiger partial charge in [-0.05, 0) is 32.1 Å². The Labute approximate surface area is 80.2 Å². The lowest BCUT2D eigenvalue weighted by Crippen LogP contribution is -2.58. The van der Waals surface area contributed by atoms with E-state index in [1.54, 1.807) is 4.31 Å².